The highest BCUT2D eigenvalue weighted by atomic mass is 32.1. The van der Waals surface area contributed by atoms with Gasteiger partial charge in [-0.3, -0.25) is 19.5 Å². The van der Waals surface area contributed by atoms with E-state index in [0.717, 1.165) is 38.8 Å². The minimum absolute atomic E-state index is 0.112. The van der Waals surface area contributed by atoms with E-state index in [9.17, 15) is 9.59 Å². The van der Waals surface area contributed by atoms with Crippen LogP contribution in [0.1, 0.15) is 24.5 Å². The van der Waals surface area contributed by atoms with Crippen molar-refractivity contribution in [3.8, 4) is 27.7 Å². The van der Waals surface area contributed by atoms with Gasteiger partial charge in [-0.25, -0.2) is 4.98 Å². The van der Waals surface area contributed by atoms with Gasteiger partial charge in [0.2, 0.25) is 5.91 Å². The van der Waals surface area contributed by atoms with Crippen LogP contribution in [-0.4, -0.2) is 34.4 Å². The van der Waals surface area contributed by atoms with Gasteiger partial charge in [0.15, 0.2) is 6.10 Å². The molecule has 0 spiro atoms. The lowest BCUT2D eigenvalue weighted by Crippen LogP contribution is -2.48. The molecule has 0 fully saturated rings. The van der Waals surface area contributed by atoms with Crippen molar-refractivity contribution in [1.82, 2.24) is 9.97 Å². The maximum absolute atomic E-state index is 13.3. The molecule has 1 atom stereocenters. The van der Waals surface area contributed by atoms with E-state index in [1.54, 1.807) is 6.20 Å². The molecule has 3 heterocycles. The molecule has 1 unspecified atom stereocenters. The first-order valence-electron chi connectivity index (χ1n) is 11.8. The van der Waals surface area contributed by atoms with E-state index in [4.69, 9.17) is 9.72 Å². The fraction of sp³-hybridized carbons (Fsp3) is 0.214. The number of carbonyl (C=O) groups excluding carboxylic acids is 2. The second kappa shape index (κ2) is 9.91. The summed E-state index contributed by atoms with van der Waals surface area (Å²) < 4.78 is 5.97. The van der Waals surface area contributed by atoms with E-state index in [-0.39, 0.29) is 18.4 Å². The number of rotatable bonds is 6. The lowest BCUT2D eigenvalue weighted by molar-refractivity contribution is -0.128. The summed E-state index contributed by atoms with van der Waals surface area (Å²) in [6.07, 6.45) is 1.62. The van der Waals surface area contributed by atoms with E-state index in [1.165, 1.54) is 16.2 Å². The number of fused-ring (bicyclic) bond motifs is 1. The standard InChI is InChI=1S/C28H26N4O3S/c1-4-24-28(34)32(15-26(33)30-20-10-8-17(2)13-18(20)3)23-14-19(9-11-25(23)35-24)22-16-36-27(31-22)21-7-5-6-12-29-21/h5-14,16,24H,4,15H2,1-3H3,(H,30,33). The second-order valence-electron chi connectivity index (χ2n) is 8.74. The molecule has 2 aromatic heterocycles. The number of nitrogens with zero attached hydrogens (tertiary/aromatic N) is 3. The molecule has 0 saturated heterocycles. The summed E-state index contributed by atoms with van der Waals surface area (Å²) in [5.74, 6) is 0.0737. The van der Waals surface area contributed by atoms with Crippen LogP contribution in [0, 0.1) is 13.8 Å². The van der Waals surface area contributed by atoms with Crippen molar-refractivity contribution in [2.75, 3.05) is 16.8 Å². The Hall–Kier alpha value is -4.04. The SMILES string of the molecule is CCC1Oc2ccc(-c3csc(-c4ccccn4)n3)cc2N(CC(=O)Nc2ccc(C)cc2C)C1=O. The predicted molar refractivity (Wildman–Crippen MR) is 142 cm³/mol. The highest BCUT2D eigenvalue weighted by Gasteiger charge is 2.35. The van der Waals surface area contributed by atoms with Crippen molar-refractivity contribution >= 4 is 34.5 Å². The van der Waals surface area contributed by atoms with Gasteiger partial charge in [-0.05, 0) is 62.2 Å². The molecule has 36 heavy (non-hydrogen) atoms. The maximum Gasteiger partial charge on any atom is 0.268 e. The maximum atomic E-state index is 13.3. The molecule has 0 saturated carbocycles. The van der Waals surface area contributed by atoms with Crippen LogP contribution in [0.25, 0.3) is 22.0 Å². The van der Waals surface area contributed by atoms with Crippen LogP contribution in [0.5, 0.6) is 5.75 Å². The van der Waals surface area contributed by atoms with Gasteiger partial charge in [-0.15, -0.1) is 11.3 Å². The molecule has 0 aliphatic carbocycles. The van der Waals surface area contributed by atoms with Crippen LogP contribution >= 0.6 is 11.3 Å². The Bertz CT molecular complexity index is 1430. The smallest absolute Gasteiger partial charge is 0.268 e. The zero-order valence-electron chi connectivity index (χ0n) is 20.3. The normalized spacial score (nSPS) is 14.8. The highest BCUT2D eigenvalue weighted by molar-refractivity contribution is 7.13. The van der Waals surface area contributed by atoms with Gasteiger partial charge in [0.1, 0.15) is 17.3 Å². The van der Waals surface area contributed by atoms with Gasteiger partial charge in [0.25, 0.3) is 5.91 Å². The number of ether oxygens (including phenoxy) is 1. The molecule has 4 aromatic rings. The lowest BCUT2D eigenvalue weighted by atomic mass is 10.1. The number of anilines is 2. The van der Waals surface area contributed by atoms with Crippen LogP contribution in [-0.2, 0) is 9.59 Å². The molecule has 7 nitrogen and oxygen atoms in total. The first-order valence-corrected chi connectivity index (χ1v) is 12.7. The van der Waals surface area contributed by atoms with E-state index < -0.39 is 6.10 Å². The first-order chi connectivity index (χ1) is 17.4. The quantitative estimate of drug-likeness (QED) is 0.372. The third-order valence-electron chi connectivity index (χ3n) is 6.07. The van der Waals surface area contributed by atoms with Crippen LogP contribution in [0.2, 0.25) is 0 Å². The van der Waals surface area contributed by atoms with Gasteiger partial charge in [-0.2, -0.15) is 0 Å². The molecule has 0 bridgehead atoms. The van der Waals surface area contributed by atoms with Crippen molar-refractivity contribution < 1.29 is 14.3 Å². The Morgan fingerprint density at radius 1 is 1.11 bits per heavy atom. The van der Waals surface area contributed by atoms with Crippen molar-refractivity contribution in [3.63, 3.8) is 0 Å². The minimum atomic E-state index is -0.632. The zero-order valence-corrected chi connectivity index (χ0v) is 21.1. The van der Waals surface area contributed by atoms with Crippen molar-refractivity contribution in [3.05, 3.63) is 77.3 Å². The van der Waals surface area contributed by atoms with Gasteiger partial charge < -0.3 is 10.1 Å². The van der Waals surface area contributed by atoms with E-state index in [1.807, 2.05) is 80.7 Å². The van der Waals surface area contributed by atoms with Crippen molar-refractivity contribution in [2.24, 2.45) is 0 Å². The molecule has 5 rings (SSSR count). The van der Waals surface area contributed by atoms with Crippen LogP contribution in [0.3, 0.4) is 0 Å². The third kappa shape index (κ3) is 4.72. The number of benzene rings is 2. The summed E-state index contributed by atoms with van der Waals surface area (Å²) >= 11 is 1.50. The summed E-state index contributed by atoms with van der Waals surface area (Å²) in [7, 11) is 0. The topological polar surface area (TPSA) is 84.4 Å². The molecular formula is C28H26N4O3S. The van der Waals surface area contributed by atoms with Crippen LogP contribution in [0.15, 0.2) is 66.2 Å². The molecule has 8 heteroatoms. The van der Waals surface area contributed by atoms with Crippen LogP contribution < -0.4 is 15.0 Å². The second-order valence-corrected chi connectivity index (χ2v) is 9.60. The molecule has 0 radical (unpaired) electrons. The first kappa shape index (κ1) is 23.7. The number of aryl methyl sites for hydroxylation is 2. The average Bonchev–Trinajstić information content (AvgIpc) is 3.38. The van der Waals surface area contributed by atoms with Crippen molar-refractivity contribution in [2.45, 2.75) is 33.3 Å². The highest BCUT2D eigenvalue weighted by Crippen LogP contribution is 2.39. The number of hydrogen-bond acceptors (Lipinski definition) is 6. The summed E-state index contributed by atoms with van der Waals surface area (Å²) in [6.45, 7) is 5.74. The minimum Gasteiger partial charge on any atom is -0.478 e. The molecule has 1 N–H and O–H groups in total. The summed E-state index contributed by atoms with van der Waals surface area (Å²) in [6, 6.07) is 17.2. The Labute approximate surface area is 213 Å². The van der Waals surface area contributed by atoms with Gasteiger partial charge in [0.05, 0.1) is 17.1 Å². The number of aromatic nitrogens is 2. The molecule has 1 aliphatic rings. The van der Waals surface area contributed by atoms with Gasteiger partial charge >= 0.3 is 0 Å². The molecule has 2 amide bonds. The fourth-order valence-corrected chi connectivity index (χ4v) is 5.01. The number of thiazole rings is 1. The van der Waals surface area contributed by atoms with Gasteiger partial charge in [0, 0.05) is 22.8 Å². The Morgan fingerprint density at radius 2 is 1.97 bits per heavy atom. The van der Waals surface area contributed by atoms with E-state index in [2.05, 4.69) is 10.3 Å². The molecule has 1 aliphatic heterocycles. The Morgan fingerprint density at radius 3 is 2.72 bits per heavy atom. The van der Waals surface area contributed by atoms with Gasteiger partial charge in [-0.1, -0.05) is 30.7 Å². The lowest BCUT2D eigenvalue weighted by Gasteiger charge is -2.34. The Balaban J connectivity index is 1.44. The number of pyridine rings is 1. The van der Waals surface area contributed by atoms with Crippen LogP contribution in [0.4, 0.5) is 11.4 Å². The average molecular weight is 499 g/mol. The fourth-order valence-electron chi connectivity index (χ4n) is 4.20. The summed E-state index contributed by atoms with van der Waals surface area (Å²) in [5, 5.41) is 5.72. The van der Waals surface area contributed by atoms with E-state index in [0.29, 0.717) is 17.9 Å². The molecule has 182 valence electrons. The molecule has 2 aromatic carbocycles. The number of hydrogen-bond donors (Lipinski definition) is 1. The van der Waals surface area contributed by atoms with Crippen molar-refractivity contribution in [1.29, 1.82) is 0 Å². The summed E-state index contributed by atoms with van der Waals surface area (Å²) in [4.78, 5) is 36.9. The summed E-state index contributed by atoms with van der Waals surface area (Å²) in [5.41, 5.74) is 5.79. The zero-order chi connectivity index (χ0) is 25.2. The Kier molecular flexibility index (Phi) is 6.52. The third-order valence-corrected chi connectivity index (χ3v) is 6.94. The monoisotopic (exact) mass is 498 g/mol. The van der Waals surface area contributed by atoms with E-state index >= 15 is 0 Å². The molecular weight excluding hydrogens is 472 g/mol. The predicted octanol–water partition coefficient (Wildman–Crippen LogP) is 5.63. The number of carbonyl (C=O) groups is 2. The number of nitrogens with one attached hydrogen (secondary N) is 1. The largest absolute Gasteiger partial charge is 0.478 e. The number of amides is 2.